The second kappa shape index (κ2) is 6.12. The monoisotopic (exact) mass is 304 g/mol. The molecule has 1 amide bonds. The van der Waals surface area contributed by atoms with Crippen LogP contribution in [0.15, 0.2) is 23.2 Å². The summed E-state index contributed by atoms with van der Waals surface area (Å²) in [6.45, 7) is 6.14. The van der Waals surface area contributed by atoms with Gasteiger partial charge >= 0.3 is 0 Å². The van der Waals surface area contributed by atoms with E-state index in [0.29, 0.717) is 13.2 Å². The minimum Gasteiger partial charge on any atom is -0.380 e. The van der Waals surface area contributed by atoms with Crippen LogP contribution in [0.3, 0.4) is 0 Å². The second-order valence-electron chi connectivity index (χ2n) is 5.43. The van der Waals surface area contributed by atoms with Gasteiger partial charge in [-0.25, -0.2) is 0 Å². The summed E-state index contributed by atoms with van der Waals surface area (Å²) in [4.78, 5) is 17.1. The molecule has 1 aromatic heterocycles. The van der Waals surface area contributed by atoms with Crippen molar-refractivity contribution in [3.8, 4) is 0 Å². The average Bonchev–Trinajstić information content (AvgIpc) is 3.24. The Balaban J connectivity index is 2.03. The summed E-state index contributed by atoms with van der Waals surface area (Å²) in [7, 11) is 0. The molecule has 0 atom stereocenters. The lowest BCUT2D eigenvalue weighted by Crippen LogP contribution is -2.20. The molecule has 0 spiro atoms. The van der Waals surface area contributed by atoms with Crippen LogP contribution in [0.25, 0.3) is 10.2 Å². The van der Waals surface area contributed by atoms with Gasteiger partial charge in [0.05, 0.1) is 16.8 Å². The molecule has 0 radical (unpaired) electrons. The van der Waals surface area contributed by atoms with E-state index in [0.717, 1.165) is 29.7 Å². The van der Waals surface area contributed by atoms with E-state index in [1.54, 1.807) is 11.3 Å². The lowest BCUT2D eigenvalue weighted by molar-refractivity contribution is -0.119. The molecule has 1 saturated carbocycles. The van der Waals surface area contributed by atoms with E-state index < -0.39 is 0 Å². The molecule has 5 heteroatoms. The van der Waals surface area contributed by atoms with Gasteiger partial charge in [-0.15, -0.1) is 0 Å². The van der Waals surface area contributed by atoms with Crippen molar-refractivity contribution in [2.24, 2.45) is 10.9 Å². The van der Waals surface area contributed by atoms with Crippen LogP contribution < -0.4 is 4.80 Å². The molecule has 1 fully saturated rings. The summed E-state index contributed by atoms with van der Waals surface area (Å²) in [5.41, 5.74) is 2.36. The van der Waals surface area contributed by atoms with Gasteiger partial charge in [-0.2, -0.15) is 4.99 Å². The van der Waals surface area contributed by atoms with Gasteiger partial charge in [0.25, 0.3) is 5.91 Å². The Morgan fingerprint density at radius 2 is 2.29 bits per heavy atom. The lowest BCUT2D eigenvalue weighted by Gasteiger charge is -2.05. The molecular weight excluding hydrogens is 284 g/mol. The van der Waals surface area contributed by atoms with Crippen LogP contribution in [0.1, 0.15) is 25.3 Å². The van der Waals surface area contributed by atoms with E-state index in [4.69, 9.17) is 4.74 Å². The summed E-state index contributed by atoms with van der Waals surface area (Å²) < 4.78 is 8.74. The van der Waals surface area contributed by atoms with Gasteiger partial charge in [-0.05, 0) is 44.4 Å². The third-order valence-corrected chi connectivity index (χ3v) is 4.68. The van der Waals surface area contributed by atoms with Crippen molar-refractivity contribution in [3.63, 3.8) is 0 Å². The van der Waals surface area contributed by atoms with Crippen molar-refractivity contribution < 1.29 is 9.53 Å². The Morgan fingerprint density at radius 3 is 3.00 bits per heavy atom. The van der Waals surface area contributed by atoms with Gasteiger partial charge in [-0.3, -0.25) is 4.79 Å². The van der Waals surface area contributed by atoms with Gasteiger partial charge in [0.15, 0.2) is 4.80 Å². The maximum atomic E-state index is 12.0. The van der Waals surface area contributed by atoms with Crippen LogP contribution in [0, 0.1) is 12.8 Å². The summed E-state index contributed by atoms with van der Waals surface area (Å²) in [6, 6.07) is 6.35. The predicted molar refractivity (Wildman–Crippen MR) is 84.3 cm³/mol. The average molecular weight is 304 g/mol. The molecule has 0 bridgehead atoms. The fourth-order valence-electron chi connectivity index (χ4n) is 2.30. The summed E-state index contributed by atoms with van der Waals surface area (Å²) in [6.07, 6.45) is 1.98. The Morgan fingerprint density at radius 1 is 1.48 bits per heavy atom. The van der Waals surface area contributed by atoms with Crippen LogP contribution in [0.4, 0.5) is 0 Å². The molecule has 1 heterocycles. The number of fused-ring (bicyclic) bond motifs is 1. The first kappa shape index (κ1) is 14.5. The first-order valence-corrected chi connectivity index (χ1v) is 8.27. The number of amides is 1. The zero-order valence-corrected chi connectivity index (χ0v) is 13.3. The first-order chi connectivity index (χ1) is 10.2. The molecule has 2 aromatic rings. The molecule has 21 heavy (non-hydrogen) atoms. The van der Waals surface area contributed by atoms with E-state index in [-0.39, 0.29) is 11.8 Å². The number of benzene rings is 1. The minimum atomic E-state index is 0.0310. The largest absolute Gasteiger partial charge is 0.380 e. The minimum absolute atomic E-state index is 0.0310. The highest BCUT2D eigenvalue weighted by atomic mass is 32.1. The van der Waals surface area contributed by atoms with Crippen molar-refractivity contribution in [2.45, 2.75) is 33.2 Å². The van der Waals surface area contributed by atoms with Gasteiger partial charge in [0, 0.05) is 19.1 Å². The molecule has 1 aliphatic rings. The van der Waals surface area contributed by atoms with Crippen molar-refractivity contribution in [2.75, 3.05) is 13.2 Å². The zero-order chi connectivity index (χ0) is 14.8. The number of ether oxygens (including phenoxy) is 1. The highest BCUT2D eigenvalue weighted by Crippen LogP contribution is 2.30. The number of aryl methyl sites for hydroxylation is 1. The van der Waals surface area contributed by atoms with Gasteiger partial charge in [0.2, 0.25) is 0 Å². The van der Waals surface area contributed by atoms with E-state index in [2.05, 4.69) is 34.7 Å². The number of carbonyl (C=O) groups excluding carboxylic acids is 1. The SMILES string of the molecule is CCOCCn1c(=NC(=O)C2CC2)sc2cc(C)ccc21. The fourth-order valence-corrected chi connectivity index (χ4v) is 3.46. The molecule has 112 valence electrons. The van der Waals surface area contributed by atoms with Crippen molar-refractivity contribution >= 4 is 27.5 Å². The van der Waals surface area contributed by atoms with E-state index >= 15 is 0 Å². The normalized spacial score (nSPS) is 15.8. The Bertz CT molecular complexity index is 725. The highest BCUT2D eigenvalue weighted by Gasteiger charge is 2.29. The van der Waals surface area contributed by atoms with Gasteiger partial charge < -0.3 is 9.30 Å². The smallest absolute Gasteiger partial charge is 0.251 e. The topological polar surface area (TPSA) is 43.6 Å². The zero-order valence-electron chi connectivity index (χ0n) is 12.5. The molecule has 0 saturated heterocycles. The van der Waals surface area contributed by atoms with Crippen LogP contribution in [0.5, 0.6) is 0 Å². The standard InChI is InChI=1S/C16H20N2O2S/c1-3-20-9-8-18-13-7-4-11(2)10-14(13)21-16(18)17-15(19)12-5-6-12/h4,7,10,12H,3,5-6,8-9H2,1-2H3. The van der Waals surface area contributed by atoms with Crippen molar-refractivity contribution in [1.29, 1.82) is 0 Å². The lowest BCUT2D eigenvalue weighted by atomic mass is 10.2. The first-order valence-electron chi connectivity index (χ1n) is 7.45. The van der Waals surface area contributed by atoms with Crippen LogP contribution in [-0.4, -0.2) is 23.7 Å². The fraction of sp³-hybridized carbons (Fsp3) is 0.500. The predicted octanol–water partition coefficient (Wildman–Crippen LogP) is 2.89. The number of nitrogens with zero attached hydrogens (tertiary/aromatic N) is 2. The number of rotatable bonds is 5. The molecule has 1 aromatic carbocycles. The molecule has 0 N–H and O–H groups in total. The third kappa shape index (κ3) is 3.24. The number of aromatic nitrogens is 1. The van der Waals surface area contributed by atoms with E-state index in [9.17, 15) is 4.79 Å². The summed E-state index contributed by atoms with van der Waals surface area (Å²) in [5, 5.41) is 0. The molecule has 0 aliphatic heterocycles. The number of thiazole rings is 1. The summed E-state index contributed by atoms with van der Waals surface area (Å²) >= 11 is 1.59. The van der Waals surface area contributed by atoms with Crippen molar-refractivity contribution in [3.05, 3.63) is 28.6 Å². The van der Waals surface area contributed by atoms with Crippen LogP contribution in [-0.2, 0) is 16.1 Å². The van der Waals surface area contributed by atoms with Crippen molar-refractivity contribution in [1.82, 2.24) is 4.57 Å². The van der Waals surface area contributed by atoms with E-state index in [1.807, 2.05) is 6.92 Å². The molecule has 0 unspecified atom stereocenters. The number of hydrogen-bond donors (Lipinski definition) is 0. The number of carbonyl (C=O) groups is 1. The molecule has 1 aliphatic carbocycles. The van der Waals surface area contributed by atoms with Gasteiger partial charge in [0.1, 0.15) is 0 Å². The van der Waals surface area contributed by atoms with E-state index in [1.165, 1.54) is 10.3 Å². The maximum Gasteiger partial charge on any atom is 0.251 e. The van der Waals surface area contributed by atoms with Crippen LogP contribution >= 0.6 is 11.3 Å². The Labute approximate surface area is 128 Å². The Kier molecular flexibility index (Phi) is 4.22. The number of hydrogen-bond acceptors (Lipinski definition) is 3. The third-order valence-electron chi connectivity index (χ3n) is 3.63. The summed E-state index contributed by atoms with van der Waals surface area (Å²) in [5.74, 6) is 0.195. The Hall–Kier alpha value is -1.46. The maximum absolute atomic E-state index is 12.0. The van der Waals surface area contributed by atoms with Gasteiger partial charge in [-0.1, -0.05) is 17.4 Å². The second-order valence-corrected chi connectivity index (χ2v) is 6.44. The quantitative estimate of drug-likeness (QED) is 0.797. The molecule has 3 rings (SSSR count). The van der Waals surface area contributed by atoms with Crippen LogP contribution in [0.2, 0.25) is 0 Å². The highest BCUT2D eigenvalue weighted by molar-refractivity contribution is 7.16. The molecular formula is C16H20N2O2S. The molecule has 4 nitrogen and oxygen atoms in total.